The molecule has 0 aliphatic rings. The second-order valence-electron chi connectivity index (χ2n) is 3.83. The van der Waals surface area contributed by atoms with Crippen LogP contribution in [0.3, 0.4) is 0 Å². The van der Waals surface area contributed by atoms with Gasteiger partial charge in [0.1, 0.15) is 0 Å². The number of aliphatic hydroxyl groups is 1. The number of hydrogen-bond acceptors (Lipinski definition) is 3. The number of aliphatic hydroxyl groups excluding tert-OH is 1. The predicted octanol–water partition coefficient (Wildman–Crippen LogP) is 1.25. The van der Waals surface area contributed by atoms with Crippen LogP contribution < -0.4 is 5.32 Å². The lowest BCUT2D eigenvalue weighted by atomic mass is 10.2. The van der Waals surface area contributed by atoms with Crippen LogP contribution in [0.25, 0.3) is 0 Å². The highest BCUT2D eigenvalue weighted by molar-refractivity contribution is 4.73. The highest BCUT2D eigenvalue weighted by Crippen LogP contribution is 2.01. The molecular weight excluding hydrogens is 188 g/mol. The zero-order valence-corrected chi connectivity index (χ0v) is 10.0. The van der Waals surface area contributed by atoms with E-state index >= 15 is 0 Å². The van der Waals surface area contributed by atoms with E-state index < -0.39 is 0 Å². The monoisotopic (exact) mass is 214 g/mol. The fourth-order valence-corrected chi connectivity index (χ4v) is 1.61. The average molecular weight is 214 g/mol. The summed E-state index contributed by atoms with van der Waals surface area (Å²) in [6, 6.07) is 0. The predicted molar refractivity (Wildman–Crippen MR) is 66.1 cm³/mol. The minimum Gasteiger partial charge on any atom is -0.395 e. The molecule has 3 nitrogen and oxygen atoms in total. The van der Waals surface area contributed by atoms with Crippen molar-refractivity contribution in [1.29, 1.82) is 0 Å². The van der Waals surface area contributed by atoms with Gasteiger partial charge in [0.2, 0.25) is 0 Å². The molecule has 2 N–H and O–H groups in total. The van der Waals surface area contributed by atoms with Crippen LogP contribution in [0, 0.1) is 0 Å². The van der Waals surface area contributed by atoms with Crippen LogP contribution in [0.15, 0.2) is 12.7 Å². The molecule has 0 spiro atoms. The van der Waals surface area contributed by atoms with Crippen molar-refractivity contribution in [2.24, 2.45) is 0 Å². The van der Waals surface area contributed by atoms with Gasteiger partial charge in [-0.3, -0.25) is 4.90 Å². The fraction of sp³-hybridized carbons (Fsp3) is 0.833. The fourth-order valence-electron chi connectivity index (χ4n) is 1.61. The average Bonchev–Trinajstić information content (AvgIpc) is 2.24. The molecule has 0 radical (unpaired) electrons. The number of nitrogens with one attached hydrogen (secondary N) is 1. The Morgan fingerprint density at radius 1 is 1.20 bits per heavy atom. The van der Waals surface area contributed by atoms with Gasteiger partial charge in [-0.1, -0.05) is 18.9 Å². The zero-order valence-electron chi connectivity index (χ0n) is 10.0. The molecule has 15 heavy (non-hydrogen) atoms. The zero-order chi connectivity index (χ0) is 11.4. The second-order valence-corrected chi connectivity index (χ2v) is 3.83. The second kappa shape index (κ2) is 11.7. The van der Waals surface area contributed by atoms with E-state index in [9.17, 15) is 0 Å². The summed E-state index contributed by atoms with van der Waals surface area (Å²) >= 11 is 0. The van der Waals surface area contributed by atoms with Gasteiger partial charge in [0, 0.05) is 13.1 Å². The number of hydrogen-bond donors (Lipinski definition) is 2. The normalized spacial score (nSPS) is 10.9. The van der Waals surface area contributed by atoms with Crippen LogP contribution in [0.4, 0.5) is 0 Å². The molecule has 0 aromatic heterocycles. The van der Waals surface area contributed by atoms with Crippen molar-refractivity contribution in [3.8, 4) is 0 Å². The molecule has 0 aromatic carbocycles. The summed E-state index contributed by atoms with van der Waals surface area (Å²) in [5.74, 6) is 0. The van der Waals surface area contributed by atoms with Crippen LogP contribution >= 0.6 is 0 Å². The molecule has 3 heteroatoms. The molecule has 0 fully saturated rings. The summed E-state index contributed by atoms with van der Waals surface area (Å²) in [7, 11) is 1.99. The third kappa shape index (κ3) is 9.91. The number of unbranched alkanes of at least 4 members (excludes halogenated alkanes) is 3. The quantitative estimate of drug-likeness (QED) is 0.401. The summed E-state index contributed by atoms with van der Waals surface area (Å²) in [4.78, 5) is 2.24. The first-order valence-corrected chi connectivity index (χ1v) is 5.93. The lowest BCUT2D eigenvalue weighted by Gasteiger charge is -2.18. The van der Waals surface area contributed by atoms with Gasteiger partial charge in [0.25, 0.3) is 0 Å². The third-order valence-electron chi connectivity index (χ3n) is 2.45. The molecule has 0 rings (SSSR count). The van der Waals surface area contributed by atoms with E-state index in [2.05, 4.69) is 16.8 Å². The van der Waals surface area contributed by atoms with Crippen LogP contribution in [0.5, 0.6) is 0 Å². The first-order chi connectivity index (χ1) is 7.35. The maximum absolute atomic E-state index is 8.85. The lowest BCUT2D eigenvalue weighted by Crippen LogP contribution is -2.28. The standard InChI is InChI=1S/C12H26N2O/c1-3-9-14(11-12-15)10-7-5-4-6-8-13-2/h3,13,15H,1,4-12H2,2H3. The van der Waals surface area contributed by atoms with E-state index in [0.717, 1.165) is 26.2 Å². The summed E-state index contributed by atoms with van der Waals surface area (Å²) < 4.78 is 0. The maximum Gasteiger partial charge on any atom is 0.0558 e. The SMILES string of the molecule is C=CCN(CCO)CCCCCCNC. The van der Waals surface area contributed by atoms with Gasteiger partial charge in [0.05, 0.1) is 6.61 Å². The molecule has 0 saturated heterocycles. The molecule has 0 heterocycles. The summed E-state index contributed by atoms with van der Waals surface area (Å²) in [5.41, 5.74) is 0. The smallest absolute Gasteiger partial charge is 0.0558 e. The van der Waals surface area contributed by atoms with Crippen molar-refractivity contribution in [2.75, 3.05) is 39.8 Å². The number of nitrogens with zero attached hydrogens (tertiary/aromatic N) is 1. The van der Waals surface area contributed by atoms with Crippen molar-refractivity contribution in [1.82, 2.24) is 10.2 Å². The van der Waals surface area contributed by atoms with Gasteiger partial charge in [-0.25, -0.2) is 0 Å². The van der Waals surface area contributed by atoms with Crippen LogP contribution in [0.1, 0.15) is 25.7 Å². The molecule has 0 unspecified atom stereocenters. The van der Waals surface area contributed by atoms with E-state index in [1.807, 2.05) is 13.1 Å². The molecule has 0 aliphatic heterocycles. The van der Waals surface area contributed by atoms with E-state index in [4.69, 9.17) is 5.11 Å². The van der Waals surface area contributed by atoms with Gasteiger partial charge in [-0.05, 0) is 33.0 Å². The van der Waals surface area contributed by atoms with E-state index in [-0.39, 0.29) is 6.61 Å². The van der Waals surface area contributed by atoms with Crippen LogP contribution in [0.2, 0.25) is 0 Å². The molecule has 0 amide bonds. The third-order valence-corrected chi connectivity index (χ3v) is 2.45. The molecular formula is C12H26N2O. The van der Waals surface area contributed by atoms with E-state index in [1.54, 1.807) is 0 Å². The largest absolute Gasteiger partial charge is 0.395 e. The van der Waals surface area contributed by atoms with Gasteiger partial charge >= 0.3 is 0 Å². The highest BCUT2D eigenvalue weighted by Gasteiger charge is 2.00. The Kier molecular flexibility index (Phi) is 11.4. The van der Waals surface area contributed by atoms with Crippen molar-refractivity contribution in [3.63, 3.8) is 0 Å². The Morgan fingerprint density at radius 3 is 2.53 bits per heavy atom. The molecule has 0 saturated carbocycles. The first kappa shape index (κ1) is 14.6. The topological polar surface area (TPSA) is 35.5 Å². The first-order valence-electron chi connectivity index (χ1n) is 5.93. The Hall–Kier alpha value is -0.380. The van der Waals surface area contributed by atoms with Crippen LogP contribution in [-0.4, -0.2) is 49.8 Å². The minimum absolute atomic E-state index is 0.244. The Bertz CT molecular complexity index is 140. The Morgan fingerprint density at radius 2 is 1.93 bits per heavy atom. The molecule has 90 valence electrons. The van der Waals surface area contributed by atoms with Gasteiger partial charge in [0.15, 0.2) is 0 Å². The van der Waals surface area contributed by atoms with Crippen molar-refractivity contribution >= 4 is 0 Å². The summed E-state index contributed by atoms with van der Waals surface area (Å²) in [6.07, 6.45) is 6.95. The Labute approximate surface area is 94.2 Å². The Balaban J connectivity index is 3.32. The molecule has 0 aliphatic carbocycles. The lowest BCUT2D eigenvalue weighted by molar-refractivity contribution is 0.206. The summed E-state index contributed by atoms with van der Waals surface area (Å²) in [6.45, 7) is 7.81. The van der Waals surface area contributed by atoms with Crippen LogP contribution in [-0.2, 0) is 0 Å². The van der Waals surface area contributed by atoms with E-state index in [1.165, 1.54) is 25.7 Å². The van der Waals surface area contributed by atoms with Crippen molar-refractivity contribution < 1.29 is 5.11 Å². The van der Waals surface area contributed by atoms with Gasteiger partial charge in [-0.15, -0.1) is 6.58 Å². The number of rotatable bonds is 11. The molecule has 0 bridgehead atoms. The van der Waals surface area contributed by atoms with Gasteiger partial charge < -0.3 is 10.4 Å². The van der Waals surface area contributed by atoms with E-state index in [0.29, 0.717) is 0 Å². The van der Waals surface area contributed by atoms with Crippen molar-refractivity contribution in [2.45, 2.75) is 25.7 Å². The summed E-state index contributed by atoms with van der Waals surface area (Å²) in [5, 5.41) is 12.0. The molecule has 0 aromatic rings. The van der Waals surface area contributed by atoms with Crippen molar-refractivity contribution in [3.05, 3.63) is 12.7 Å². The van der Waals surface area contributed by atoms with Gasteiger partial charge in [-0.2, -0.15) is 0 Å². The maximum atomic E-state index is 8.85. The molecule has 0 atom stereocenters. The minimum atomic E-state index is 0.244. The highest BCUT2D eigenvalue weighted by atomic mass is 16.3.